The van der Waals surface area contributed by atoms with Crippen LogP contribution in [0.2, 0.25) is 0 Å². The van der Waals surface area contributed by atoms with Crippen LogP contribution in [0.3, 0.4) is 0 Å². The number of thiophene rings is 1. The minimum Gasteiger partial charge on any atom is -0.371 e. The molecule has 1 aliphatic heterocycles. The molecule has 1 atom stereocenters. The third-order valence-electron chi connectivity index (χ3n) is 4.86. The van der Waals surface area contributed by atoms with Gasteiger partial charge in [0.2, 0.25) is 0 Å². The third-order valence-corrected chi connectivity index (χ3v) is 5.88. The first-order chi connectivity index (χ1) is 12.2. The molecular weight excluding hydrogens is 338 g/mol. The Morgan fingerprint density at radius 2 is 2.00 bits per heavy atom. The summed E-state index contributed by atoms with van der Waals surface area (Å²) in [6.07, 6.45) is 1.07. The molecule has 1 fully saturated rings. The molecule has 130 valence electrons. The highest BCUT2D eigenvalue weighted by Crippen LogP contribution is 2.27. The van der Waals surface area contributed by atoms with Gasteiger partial charge in [0.05, 0.1) is 0 Å². The van der Waals surface area contributed by atoms with Crippen molar-refractivity contribution in [3.8, 4) is 0 Å². The van der Waals surface area contributed by atoms with E-state index in [1.54, 1.807) is 17.4 Å². The summed E-state index contributed by atoms with van der Waals surface area (Å²) in [6, 6.07) is 12.6. The molecule has 1 aromatic heterocycles. The molecule has 0 aliphatic carbocycles. The molecule has 1 unspecified atom stereocenters. The van der Waals surface area contributed by atoms with Gasteiger partial charge in [-0.15, -0.1) is 11.3 Å². The van der Waals surface area contributed by atoms with Crippen LogP contribution in [0, 0.1) is 17.6 Å². The second kappa shape index (κ2) is 7.10. The number of anilines is 1. The van der Waals surface area contributed by atoms with E-state index in [9.17, 15) is 8.78 Å². The summed E-state index contributed by atoms with van der Waals surface area (Å²) in [5.41, 5.74) is 2.11. The van der Waals surface area contributed by atoms with Crippen LogP contribution >= 0.6 is 11.3 Å². The minimum absolute atomic E-state index is 0.526. The van der Waals surface area contributed by atoms with Crippen LogP contribution in [0.4, 0.5) is 14.5 Å². The zero-order valence-electron chi connectivity index (χ0n) is 13.8. The predicted octanol–water partition coefficient (Wildman–Crippen LogP) is 4.80. The van der Waals surface area contributed by atoms with Crippen LogP contribution in [0.5, 0.6) is 0 Å². The summed E-state index contributed by atoms with van der Waals surface area (Å²) in [4.78, 5) is 2.13. The van der Waals surface area contributed by atoms with Crippen LogP contribution < -0.4 is 10.2 Å². The fourth-order valence-corrected chi connectivity index (χ4v) is 4.46. The van der Waals surface area contributed by atoms with Gasteiger partial charge in [-0.2, -0.15) is 0 Å². The smallest absolute Gasteiger partial charge is 0.160 e. The maximum absolute atomic E-state index is 13.4. The maximum atomic E-state index is 13.4. The molecule has 2 aromatic carbocycles. The summed E-state index contributed by atoms with van der Waals surface area (Å²) >= 11 is 1.78. The van der Waals surface area contributed by atoms with Crippen molar-refractivity contribution < 1.29 is 8.78 Å². The molecule has 0 saturated carbocycles. The van der Waals surface area contributed by atoms with Crippen molar-refractivity contribution in [3.05, 3.63) is 65.0 Å². The molecule has 25 heavy (non-hydrogen) atoms. The van der Waals surface area contributed by atoms with Gasteiger partial charge < -0.3 is 10.2 Å². The number of fused-ring (bicyclic) bond motifs is 1. The van der Waals surface area contributed by atoms with Gasteiger partial charge in [0.1, 0.15) is 0 Å². The lowest BCUT2D eigenvalue weighted by Gasteiger charge is -2.19. The molecule has 0 spiro atoms. The van der Waals surface area contributed by atoms with Crippen molar-refractivity contribution in [2.75, 3.05) is 24.5 Å². The van der Waals surface area contributed by atoms with Gasteiger partial charge in [-0.3, -0.25) is 0 Å². The maximum Gasteiger partial charge on any atom is 0.160 e. The van der Waals surface area contributed by atoms with Crippen LogP contribution in [0.1, 0.15) is 12.0 Å². The van der Waals surface area contributed by atoms with E-state index >= 15 is 0 Å². The Labute approximate surface area is 150 Å². The summed E-state index contributed by atoms with van der Waals surface area (Å²) in [5, 5.41) is 7.11. The molecule has 1 saturated heterocycles. The number of nitrogens with one attached hydrogen (secondary N) is 1. The van der Waals surface area contributed by atoms with Crippen LogP contribution in [0.25, 0.3) is 10.1 Å². The van der Waals surface area contributed by atoms with E-state index in [0.29, 0.717) is 5.92 Å². The SMILES string of the molecule is Fc1ccc(N2CCC(CNCc3csc4ccccc34)C2)cc1F. The highest BCUT2D eigenvalue weighted by molar-refractivity contribution is 7.17. The number of halogens is 2. The Hall–Kier alpha value is -1.98. The Kier molecular flexibility index (Phi) is 4.68. The van der Waals surface area contributed by atoms with Crippen molar-refractivity contribution in [2.24, 2.45) is 5.92 Å². The Morgan fingerprint density at radius 1 is 1.12 bits per heavy atom. The van der Waals surface area contributed by atoms with Crippen LogP contribution in [-0.4, -0.2) is 19.6 Å². The second-order valence-electron chi connectivity index (χ2n) is 6.59. The molecule has 1 aliphatic rings. The normalized spacial score (nSPS) is 17.5. The molecule has 3 aromatic rings. The summed E-state index contributed by atoms with van der Waals surface area (Å²) in [6.45, 7) is 3.57. The van der Waals surface area contributed by atoms with Gasteiger partial charge in [-0.25, -0.2) is 8.78 Å². The van der Waals surface area contributed by atoms with E-state index in [1.165, 1.54) is 27.8 Å². The summed E-state index contributed by atoms with van der Waals surface area (Å²) in [5.74, 6) is -1.04. The third kappa shape index (κ3) is 3.53. The van der Waals surface area contributed by atoms with E-state index in [1.807, 2.05) is 0 Å². The van der Waals surface area contributed by atoms with E-state index in [4.69, 9.17) is 0 Å². The van der Waals surface area contributed by atoms with Crippen molar-refractivity contribution in [3.63, 3.8) is 0 Å². The number of nitrogens with zero attached hydrogens (tertiary/aromatic N) is 1. The molecule has 0 bridgehead atoms. The van der Waals surface area contributed by atoms with Crippen molar-refractivity contribution in [2.45, 2.75) is 13.0 Å². The molecule has 0 amide bonds. The molecule has 0 radical (unpaired) electrons. The highest BCUT2D eigenvalue weighted by atomic mass is 32.1. The van der Waals surface area contributed by atoms with Crippen molar-refractivity contribution in [1.82, 2.24) is 5.32 Å². The monoisotopic (exact) mass is 358 g/mol. The zero-order valence-corrected chi connectivity index (χ0v) is 14.7. The standard InChI is InChI=1S/C20H20F2N2S/c21-18-6-5-16(9-19(18)22)24-8-7-14(12-24)10-23-11-15-13-25-20-4-2-1-3-17(15)20/h1-6,9,13-14,23H,7-8,10-12H2. The number of benzene rings is 2. The fourth-order valence-electron chi connectivity index (χ4n) is 3.50. The molecular formula is C20H20F2N2S. The predicted molar refractivity (Wildman–Crippen MR) is 100 cm³/mol. The lowest BCUT2D eigenvalue weighted by atomic mass is 10.1. The Bertz CT molecular complexity index is 877. The first-order valence-electron chi connectivity index (χ1n) is 8.56. The largest absolute Gasteiger partial charge is 0.371 e. The van der Waals surface area contributed by atoms with Crippen LogP contribution in [-0.2, 0) is 6.54 Å². The Morgan fingerprint density at radius 3 is 2.88 bits per heavy atom. The average molecular weight is 358 g/mol. The minimum atomic E-state index is -0.788. The molecule has 2 nitrogen and oxygen atoms in total. The number of hydrogen-bond acceptors (Lipinski definition) is 3. The molecule has 4 rings (SSSR count). The average Bonchev–Trinajstić information content (AvgIpc) is 3.25. The van der Waals surface area contributed by atoms with E-state index in [-0.39, 0.29) is 0 Å². The van der Waals surface area contributed by atoms with E-state index in [2.05, 4.69) is 39.9 Å². The van der Waals surface area contributed by atoms with Gasteiger partial charge in [0.25, 0.3) is 0 Å². The number of rotatable bonds is 5. The molecule has 2 heterocycles. The van der Waals surface area contributed by atoms with Gasteiger partial charge in [0, 0.05) is 42.6 Å². The first-order valence-corrected chi connectivity index (χ1v) is 9.44. The Balaban J connectivity index is 1.31. The van der Waals surface area contributed by atoms with Gasteiger partial charge in [-0.1, -0.05) is 18.2 Å². The van der Waals surface area contributed by atoms with Gasteiger partial charge in [-0.05, 0) is 46.9 Å². The van der Waals surface area contributed by atoms with E-state index < -0.39 is 11.6 Å². The van der Waals surface area contributed by atoms with Gasteiger partial charge in [0.15, 0.2) is 11.6 Å². The van der Waals surface area contributed by atoms with Crippen molar-refractivity contribution >= 4 is 27.1 Å². The quantitative estimate of drug-likeness (QED) is 0.705. The zero-order chi connectivity index (χ0) is 17.2. The van der Waals surface area contributed by atoms with Crippen molar-refractivity contribution in [1.29, 1.82) is 0 Å². The molecule has 5 heteroatoms. The number of hydrogen-bond donors (Lipinski definition) is 1. The fraction of sp³-hybridized carbons (Fsp3) is 0.300. The van der Waals surface area contributed by atoms with E-state index in [0.717, 1.165) is 38.3 Å². The second-order valence-corrected chi connectivity index (χ2v) is 7.50. The topological polar surface area (TPSA) is 15.3 Å². The van der Waals surface area contributed by atoms with Gasteiger partial charge >= 0.3 is 0 Å². The van der Waals surface area contributed by atoms with Crippen LogP contribution in [0.15, 0.2) is 47.8 Å². The highest BCUT2D eigenvalue weighted by Gasteiger charge is 2.23. The summed E-state index contributed by atoms with van der Waals surface area (Å²) in [7, 11) is 0. The lowest BCUT2D eigenvalue weighted by Crippen LogP contribution is -2.26. The lowest BCUT2D eigenvalue weighted by molar-refractivity contribution is 0.507. The molecule has 1 N–H and O–H groups in total. The first kappa shape index (κ1) is 16.5. The summed E-state index contributed by atoms with van der Waals surface area (Å²) < 4.78 is 27.8.